The molecule has 2 rings (SSSR count). The third-order valence-electron chi connectivity index (χ3n) is 3.75. The molecular formula is C16H26N2O2. The van der Waals surface area contributed by atoms with Crippen LogP contribution < -0.4 is 10.1 Å². The van der Waals surface area contributed by atoms with Crippen molar-refractivity contribution in [3.8, 4) is 5.75 Å². The van der Waals surface area contributed by atoms with E-state index in [1.54, 1.807) is 7.11 Å². The molecule has 20 heavy (non-hydrogen) atoms. The summed E-state index contributed by atoms with van der Waals surface area (Å²) in [7, 11) is 5.83. The van der Waals surface area contributed by atoms with Gasteiger partial charge in [0.15, 0.2) is 0 Å². The lowest BCUT2D eigenvalue weighted by atomic mass is 10.1. The zero-order chi connectivity index (χ0) is 14.4. The Morgan fingerprint density at radius 1 is 1.25 bits per heavy atom. The number of nitrogens with zero attached hydrogens (tertiary/aromatic N) is 1. The third kappa shape index (κ3) is 4.47. The lowest BCUT2D eigenvalue weighted by Gasteiger charge is -2.21. The van der Waals surface area contributed by atoms with Gasteiger partial charge in [0.05, 0.1) is 19.3 Å². The van der Waals surface area contributed by atoms with Crippen molar-refractivity contribution in [1.29, 1.82) is 0 Å². The second kappa shape index (κ2) is 7.62. The predicted octanol–water partition coefficient (Wildman–Crippen LogP) is 1.89. The smallest absolute Gasteiger partial charge is 0.118 e. The quantitative estimate of drug-likeness (QED) is 0.826. The number of benzene rings is 1. The van der Waals surface area contributed by atoms with Gasteiger partial charge in [-0.15, -0.1) is 0 Å². The molecule has 1 aliphatic rings. The summed E-state index contributed by atoms with van der Waals surface area (Å²) in [5, 5.41) is 3.18. The fourth-order valence-electron chi connectivity index (χ4n) is 2.75. The Labute approximate surface area is 122 Å². The minimum absolute atomic E-state index is 0.372. The summed E-state index contributed by atoms with van der Waals surface area (Å²) in [6.07, 6.45) is 3.09. The van der Waals surface area contributed by atoms with E-state index in [2.05, 4.69) is 29.4 Å². The Morgan fingerprint density at radius 3 is 2.60 bits per heavy atom. The van der Waals surface area contributed by atoms with Crippen LogP contribution in [0.15, 0.2) is 24.3 Å². The van der Waals surface area contributed by atoms with Crippen LogP contribution in [-0.4, -0.2) is 51.4 Å². The number of likely N-dealkylation sites (N-methyl/N-ethyl adjacent to an activating group) is 2. The van der Waals surface area contributed by atoms with Crippen molar-refractivity contribution in [2.24, 2.45) is 0 Å². The van der Waals surface area contributed by atoms with Crippen molar-refractivity contribution in [1.82, 2.24) is 10.2 Å². The zero-order valence-electron chi connectivity index (χ0n) is 12.8. The minimum Gasteiger partial charge on any atom is -0.497 e. The standard InChI is InChI=1S/C16H26N2O2/c1-17-10-15-8-9-16(20-15)12-18(2)11-13-4-6-14(19-3)7-5-13/h4-7,15-17H,8-12H2,1-3H3. The molecule has 0 saturated carbocycles. The van der Waals surface area contributed by atoms with Crippen LogP contribution in [0.1, 0.15) is 18.4 Å². The summed E-state index contributed by atoms with van der Waals surface area (Å²) in [4.78, 5) is 2.33. The molecule has 4 nitrogen and oxygen atoms in total. The maximum absolute atomic E-state index is 6.02. The van der Waals surface area contributed by atoms with Gasteiger partial charge in [0, 0.05) is 19.6 Å². The molecule has 112 valence electrons. The van der Waals surface area contributed by atoms with Gasteiger partial charge in [-0.3, -0.25) is 4.90 Å². The fourth-order valence-corrected chi connectivity index (χ4v) is 2.75. The molecular weight excluding hydrogens is 252 g/mol. The van der Waals surface area contributed by atoms with Gasteiger partial charge in [-0.25, -0.2) is 0 Å². The van der Waals surface area contributed by atoms with Crippen molar-refractivity contribution in [2.45, 2.75) is 31.6 Å². The number of hydrogen-bond donors (Lipinski definition) is 1. The normalized spacial score (nSPS) is 22.4. The summed E-state index contributed by atoms with van der Waals surface area (Å²) in [6.45, 7) is 2.89. The molecule has 1 aromatic carbocycles. The lowest BCUT2D eigenvalue weighted by Crippen LogP contribution is -2.30. The molecule has 1 aromatic rings. The fraction of sp³-hybridized carbons (Fsp3) is 0.625. The largest absolute Gasteiger partial charge is 0.497 e. The molecule has 1 saturated heterocycles. The second-order valence-corrected chi connectivity index (χ2v) is 5.56. The minimum atomic E-state index is 0.372. The van der Waals surface area contributed by atoms with E-state index in [1.165, 1.54) is 18.4 Å². The van der Waals surface area contributed by atoms with Crippen molar-refractivity contribution in [3.63, 3.8) is 0 Å². The summed E-state index contributed by atoms with van der Waals surface area (Å²) < 4.78 is 11.2. The summed E-state index contributed by atoms with van der Waals surface area (Å²) in [5.74, 6) is 0.908. The van der Waals surface area contributed by atoms with E-state index in [0.717, 1.165) is 25.4 Å². The van der Waals surface area contributed by atoms with Gasteiger partial charge in [-0.05, 0) is 44.6 Å². The molecule has 0 amide bonds. The van der Waals surface area contributed by atoms with E-state index in [0.29, 0.717) is 12.2 Å². The molecule has 1 N–H and O–H groups in total. The Morgan fingerprint density at radius 2 is 1.95 bits per heavy atom. The Kier molecular flexibility index (Phi) is 5.83. The highest BCUT2D eigenvalue weighted by Gasteiger charge is 2.25. The third-order valence-corrected chi connectivity index (χ3v) is 3.75. The molecule has 1 aliphatic heterocycles. The number of methoxy groups -OCH3 is 1. The first-order valence-electron chi connectivity index (χ1n) is 7.32. The van der Waals surface area contributed by atoms with Crippen LogP contribution >= 0.6 is 0 Å². The first kappa shape index (κ1) is 15.3. The predicted molar refractivity (Wildman–Crippen MR) is 81.1 cm³/mol. The van der Waals surface area contributed by atoms with Crippen LogP contribution in [0.4, 0.5) is 0 Å². The topological polar surface area (TPSA) is 33.7 Å². The molecule has 0 aromatic heterocycles. The van der Waals surface area contributed by atoms with E-state index in [-0.39, 0.29) is 0 Å². The first-order valence-corrected chi connectivity index (χ1v) is 7.32. The Hall–Kier alpha value is -1.10. The average molecular weight is 278 g/mol. The van der Waals surface area contributed by atoms with Gasteiger partial charge >= 0.3 is 0 Å². The summed E-state index contributed by atoms with van der Waals surface area (Å²) in [6, 6.07) is 8.26. The molecule has 0 spiro atoms. The highest BCUT2D eigenvalue weighted by Crippen LogP contribution is 2.20. The van der Waals surface area contributed by atoms with E-state index in [9.17, 15) is 0 Å². The van der Waals surface area contributed by atoms with E-state index < -0.39 is 0 Å². The van der Waals surface area contributed by atoms with Crippen molar-refractivity contribution < 1.29 is 9.47 Å². The number of hydrogen-bond acceptors (Lipinski definition) is 4. The van der Waals surface area contributed by atoms with Gasteiger partial charge in [0.25, 0.3) is 0 Å². The number of ether oxygens (including phenoxy) is 2. The van der Waals surface area contributed by atoms with Crippen molar-refractivity contribution >= 4 is 0 Å². The molecule has 1 fully saturated rings. The van der Waals surface area contributed by atoms with Crippen LogP contribution in [0.25, 0.3) is 0 Å². The van der Waals surface area contributed by atoms with Gasteiger partial charge in [-0.1, -0.05) is 12.1 Å². The highest BCUT2D eigenvalue weighted by molar-refractivity contribution is 5.27. The average Bonchev–Trinajstić information content (AvgIpc) is 2.87. The Bertz CT molecular complexity index is 394. The summed E-state index contributed by atoms with van der Waals surface area (Å²) >= 11 is 0. The van der Waals surface area contributed by atoms with Gasteiger partial charge < -0.3 is 14.8 Å². The maximum atomic E-state index is 6.02. The SMILES string of the molecule is CNCC1CCC(CN(C)Cc2ccc(OC)cc2)O1. The molecule has 0 bridgehead atoms. The first-order chi connectivity index (χ1) is 9.71. The van der Waals surface area contributed by atoms with Gasteiger partial charge in [0.2, 0.25) is 0 Å². The van der Waals surface area contributed by atoms with Crippen molar-refractivity contribution in [3.05, 3.63) is 29.8 Å². The monoisotopic (exact) mass is 278 g/mol. The van der Waals surface area contributed by atoms with Gasteiger partial charge in [0.1, 0.15) is 5.75 Å². The number of nitrogens with one attached hydrogen (secondary N) is 1. The molecule has 0 radical (unpaired) electrons. The van der Waals surface area contributed by atoms with E-state index in [4.69, 9.17) is 9.47 Å². The molecule has 2 unspecified atom stereocenters. The maximum Gasteiger partial charge on any atom is 0.118 e. The van der Waals surface area contributed by atoms with Crippen LogP contribution in [0.5, 0.6) is 5.75 Å². The second-order valence-electron chi connectivity index (χ2n) is 5.56. The highest BCUT2D eigenvalue weighted by atomic mass is 16.5. The van der Waals surface area contributed by atoms with Crippen LogP contribution in [-0.2, 0) is 11.3 Å². The summed E-state index contributed by atoms with van der Waals surface area (Å²) in [5.41, 5.74) is 1.30. The lowest BCUT2D eigenvalue weighted by molar-refractivity contribution is 0.0276. The number of rotatable bonds is 7. The van der Waals surface area contributed by atoms with Crippen molar-refractivity contribution in [2.75, 3.05) is 34.3 Å². The van der Waals surface area contributed by atoms with Crippen LogP contribution in [0.3, 0.4) is 0 Å². The van der Waals surface area contributed by atoms with Gasteiger partial charge in [-0.2, -0.15) is 0 Å². The molecule has 1 heterocycles. The molecule has 4 heteroatoms. The van der Waals surface area contributed by atoms with Crippen LogP contribution in [0.2, 0.25) is 0 Å². The van der Waals surface area contributed by atoms with Crippen LogP contribution in [0, 0.1) is 0 Å². The molecule has 0 aliphatic carbocycles. The van der Waals surface area contributed by atoms with E-state index in [1.807, 2.05) is 19.2 Å². The molecule has 2 atom stereocenters. The van der Waals surface area contributed by atoms with E-state index >= 15 is 0 Å². The zero-order valence-corrected chi connectivity index (χ0v) is 12.8. The Balaban J connectivity index is 1.76.